The lowest BCUT2D eigenvalue weighted by atomic mass is 10.1. The number of ether oxygens (including phenoxy) is 1. The molecule has 29 heavy (non-hydrogen) atoms. The van der Waals surface area contributed by atoms with Crippen LogP contribution in [0.25, 0.3) is 16.7 Å². The third-order valence-electron chi connectivity index (χ3n) is 4.92. The highest BCUT2D eigenvalue weighted by molar-refractivity contribution is 6.02. The van der Waals surface area contributed by atoms with Gasteiger partial charge in [-0.1, -0.05) is 12.1 Å². The van der Waals surface area contributed by atoms with Crippen molar-refractivity contribution < 1.29 is 9.53 Å². The van der Waals surface area contributed by atoms with Crippen LogP contribution in [0.1, 0.15) is 28.8 Å². The molecule has 0 saturated carbocycles. The highest BCUT2D eigenvalue weighted by Gasteiger charge is 2.20. The van der Waals surface area contributed by atoms with Crippen LogP contribution in [-0.4, -0.2) is 46.1 Å². The van der Waals surface area contributed by atoms with Crippen molar-refractivity contribution in [3.05, 3.63) is 58.5 Å². The minimum atomic E-state index is -0.331. The number of fused-ring (bicyclic) bond motifs is 2. The summed E-state index contributed by atoms with van der Waals surface area (Å²) in [6, 6.07) is 5.23. The molecule has 4 heterocycles. The first-order chi connectivity index (χ1) is 14.1. The van der Waals surface area contributed by atoms with Crippen LogP contribution in [0.2, 0.25) is 0 Å². The Morgan fingerprint density at radius 2 is 2.28 bits per heavy atom. The fourth-order valence-corrected chi connectivity index (χ4v) is 3.42. The fourth-order valence-electron chi connectivity index (χ4n) is 3.42. The molecule has 2 N–H and O–H groups in total. The second-order valence-corrected chi connectivity index (χ2v) is 7.12. The molecule has 0 bridgehead atoms. The summed E-state index contributed by atoms with van der Waals surface area (Å²) in [6.07, 6.45) is 5.38. The summed E-state index contributed by atoms with van der Waals surface area (Å²) in [7, 11) is 0. The van der Waals surface area contributed by atoms with Crippen LogP contribution in [0, 0.1) is 6.92 Å². The zero-order valence-electron chi connectivity index (χ0n) is 16.3. The van der Waals surface area contributed by atoms with Gasteiger partial charge in [-0.3, -0.25) is 14.0 Å². The SMILES string of the molecule is C=CCNC(=O)c1cc2c(=O)n3cc(C)ccc3nc2nc1NC[C@@H]1CCCO1. The van der Waals surface area contributed by atoms with E-state index in [1.165, 1.54) is 4.40 Å². The van der Waals surface area contributed by atoms with Gasteiger partial charge in [-0.2, -0.15) is 0 Å². The summed E-state index contributed by atoms with van der Waals surface area (Å²) in [5, 5.41) is 6.25. The van der Waals surface area contributed by atoms with E-state index in [-0.39, 0.29) is 17.6 Å². The van der Waals surface area contributed by atoms with E-state index in [9.17, 15) is 9.59 Å². The van der Waals surface area contributed by atoms with E-state index < -0.39 is 0 Å². The first-order valence-electron chi connectivity index (χ1n) is 9.65. The molecule has 1 amide bonds. The summed E-state index contributed by atoms with van der Waals surface area (Å²) < 4.78 is 7.12. The number of aromatic nitrogens is 3. The van der Waals surface area contributed by atoms with Gasteiger partial charge in [0, 0.05) is 25.9 Å². The van der Waals surface area contributed by atoms with Gasteiger partial charge in [0.15, 0.2) is 5.65 Å². The van der Waals surface area contributed by atoms with Gasteiger partial charge in [-0.15, -0.1) is 6.58 Å². The third-order valence-corrected chi connectivity index (χ3v) is 4.92. The van der Waals surface area contributed by atoms with Gasteiger partial charge in [0.05, 0.1) is 17.1 Å². The standard InChI is InChI=1S/C21H23N5O3/c1-3-8-22-20(27)15-10-16-19(25-18(15)23-11-14-5-4-9-29-14)24-17-7-6-13(2)12-26(17)21(16)28/h3,6-7,10,12,14H,1,4-5,8-9,11H2,2H3,(H,22,27)(H,23,25)/t14-/m0/s1. The molecule has 0 spiro atoms. The number of anilines is 1. The highest BCUT2D eigenvalue weighted by Crippen LogP contribution is 2.20. The van der Waals surface area contributed by atoms with Gasteiger partial charge in [-0.25, -0.2) is 9.97 Å². The number of pyridine rings is 2. The van der Waals surface area contributed by atoms with E-state index >= 15 is 0 Å². The van der Waals surface area contributed by atoms with Gasteiger partial charge < -0.3 is 15.4 Å². The molecule has 1 aliphatic heterocycles. The number of nitrogens with one attached hydrogen (secondary N) is 2. The number of carbonyl (C=O) groups is 1. The van der Waals surface area contributed by atoms with E-state index in [1.807, 2.05) is 13.0 Å². The van der Waals surface area contributed by atoms with Gasteiger partial charge in [0.1, 0.15) is 11.5 Å². The number of amides is 1. The number of rotatable bonds is 6. The Hall–Kier alpha value is -3.26. The number of carbonyl (C=O) groups excluding carboxylic acids is 1. The average molecular weight is 393 g/mol. The van der Waals surface area contributed by atoms with Crippen molar-refractivity contribution in [1.29, 1.82) is 0 Å². The van der Waals surface area contributed by atoms with Crippen molar-refractivity contribution in [3.8, 4) is 0 Å². The normalized spacial score (nSPS) is 16.2. The molecule has 0 radical (unpaired) electrons. The molecule has 3 aromatic heterocycles. The van der Waals surface area contributed by atoms with Crippen LogP contribution < -0.4 is 16.2 Å². The molecule has 0 aliphatic carbocycles. The van der Waals surface area contributed by atoms with Crippen molar-refractivity contribution in [3.63, 3.8) is 0 Å². The molecule has 0 aromatic carbocycles. The molecular weight excluding hydrogens is 370 g/mol. The maximum atomic E-state index is 13.0. The number of nitrogens with zero attached hydrogens (tertiary/aromatic N) is 3. The molecule has 1 atom stereocenters. The molecule has 4 rings (SSSR count). The summed E-state index contributed by atoms with van der Waals surface area (Å²) in [4.78, 5) is 34.7. The van der Waals surface area contributed by atoms with Crippen molar-refractivity contribution in [2.75, 3.05) is 25.0 Å². The summed E-state index contributed by atoms with van der Waals surface area (Å²) in [6.45, 7) is 7.11. The Morgan fingerprint density at radius 3 is 3.03 bits per heavy atom. The summed E-state index contributed by atoms with van der Waals surface area (Å²) in [5.41, 5.74) is 1.78. The average Bonchev–Trinajstić information content (AvgIpc) is 3.24. The topological polar surface area (TPSA) is 97.6 Å². The second-order valence-electron chi connectivity index (χ2n) is 7.12. The van der Waals surface area contributed by atoms with Gasteiger partial charge in [0.2, 0.25) is 0 Å². The Bertz CT molecular complexity index is 1150. The zero-order valence-corrected chi connectivity index (χ0v) is 16.3. The third kappa shape index (κ3) is 3.84. The number of hydrogen-bond acceptors (Lipinski definition) is 6. The number of hydrogen-bond donors (Lipinski definition) is 2. The van der Waals surface area contributed by atoms with Gasteiger partial charge in [0.25, 0.3) is 11.5 Å². The monoisotopic (exact) mass is 393 g/mol. The van der Waals surface area contributed by atoms with Crippen LogP contribution in [0.3, 0.4) is 0 Å². The van der Waals surface area contributed by atoms with E-state index in [0.717, 1.165) is 25.0 Å². The van der Waals surface area contributed by atoms with Crippen molar-refractivity contribution in [1.82, 2.24) is 19.7 Å². The number of aryl methyl sites for hydroxylation is 1. The van der Waals surface area contributed by atoms with Crippen LogP contribution in [0.15, 0.2) is 41.8 Å². The lowest BCUT2D eigenvalue weighted by molar-refractivity contribution is 0.0958. The van der Waals surface area contributed by atoms with Gasteiger partial charge in [-0.05, 0) is 37.5 Å². The van der Waals surface area contributed by atoms with E-state index in [2.05, 4.69) is 27.2 Å². The Labute approximate surface area is 167 Å². The van der Waals surface area contributed by atoms with Crippen LogP contribution >= 0.6 is 0 Å². The largest absolute Gasteiger partial charge is 0.376 e. The van der Waals surface area contributed by atoms with E-state index in [4.69, 9.17) is 4.74 Å². The Balaban J connectivity index is 1.82. The van der Waals surface area contributed by atoms with Crippen molar-refractivity contribution in [2.45, 2.75) is 25.9 Å². The molecule has 0 unspecified atom stereocenters. The quantitative estimate of drug-likeness (QED) is 0.491. The molecular formula is C21H23N5O3. The van der Waals surface area contributed by atoms with Crippen molar-refractivity contribution in [2.24, 2.45) is 0 Å². The molecule has 3 aromatic rings. The lowest BCUT2D eigenvalue weighted by Gasteiger charge is -2.15. The van der Waals surface area contributed by atoms with Crippen molar-refractivity contribution >= 4 is 28.4 Å². The van der Waals surface area contributed by atoms with Crippen LogP contribution in [0.4, 0.5) is 5.82 Å². The maximum absolute atomic E-state index is 13.0. The van der Waals surface area contributed by atoms with E-state index in [0.29, 0.717) is 41.2 Å². The molecule has 8 heteroatoms. The summed E-state index contributed by atoms with van der Waals surface area (Å²) >= 11 is 0. The minimum Gasteiger partial charge on any atom is -0.376 e. The molecule has 8 nitrogen and oxygen atoms in total. The minimum absolute atomic E-state index is 0.0785. The van der Waals surface area contributed by atoms with E-state index in [1.54, 1.807) is 24.4 Å². The Kier molecular flexibility index (Phi) is 5.26. The zero-order chi connectivity index (χ0) is 20.4. The predicted molar refractivity (Wildman–Crippen MR) is 111 cm³/mol. The first-order valence-corrected chi connectivity index (χ1v) is 9.65. The van der Waals surface area contributed by atoms with Crippen LogP contribution in [-0.2, 0) is 4.74 Å². The lowest BCUT2D eigenvalue weighted by Crippen LogP contribution is -2.27. The molecule has 1 fully saturated rings. The Morgan fingerprint density at radius 1 is 1.41 bits per heavy atom. The summed E-state index contributed by atoms with van der Waals surface area (Å²) in [5.74, 6) is 0.0563. The second kappa shape index (κ2) is 8.00. The first kappa shape index (κ1) is 19.1. The molecule has 1 saturated heterocycles. The fraction of sp³-hybridized carbons (Fsp3) is 0.333. The molecule has 150 valence electrons. The molecule has 1 aliphatic rings. The highest BCUT2D eigenvalue weighted by atomic mass is 16.5. The van der Waals surface area contributed by atoms with Crippen LogP contribution in [0.5, 0.6) is 0 Å². The van der Waals surface area contributed by atoms with Gasteiger partial charge >= 0.3 is 0 Å². The maximum Gasteiger partial charge on any atom is 0.267 e. The predicted octanol–water partition coefficient (Wildman–Crippen LogP) is 2.06. The smallest absolute Gasteiger partial charge is 0.267 e.